The number of halogens is 1. The quantitative estimate of drug-likeness (QED) is 0.883. The van der Waals surface area contributed by atoms with Crippen molar-refractivity contribution in [3.8, 4) is 11.5 Å². The number of carbonyl (C=O) groups excluding carboxylic acids is 1. The van der Waals surface area contributed by atoms with Gasteiger partial charge in [-0.05, 0) is 43.0 Å². The van der Waals surface area contributed by atoms with Gasteiger partial charge in [-0.15, -0.1) is 0 Å². The van der Waals surface area contributed by atoms with Crippen LogP contribution in [0.25, 0.3) is 0 Å². The number of benzene rings is 1. The molecule has 0 saturated heterocycles. The minimum atomic E-state index is 0.00287. The van der Waals surface area contributed by atoms with Crippen molar-refractivity contribution >= 4 is 17.5 Å². The number of hydrogen-bond donors (Lipinski definition) is 2. The Labute approximate surface area is 141 Å². The van der Waals surface area contributed by atoms with Crippen molar-refractivity contribution in [2.75, 3.05) is 19.8 Å². The van der Waals surface area contributed by atoms with E-state index in [1.54, 1.807) is 6.07 Å². The average molecular weight is 339 g/mol. The average Bonchev–Trinajstić information content (AvgIpc) is 2.55. The van der Waals surface area contributed by atoms with Crippen LogP contribution in [0.1, 0.15) is 31.2 Å². The summed E-state index contributed by atoms with van der Waals surface area (Å²) in [5, 5.41) is 3.62. The molecule has 1 heterocycles. The van der Waals surface area contributed by atoms with Gasteiger partial charge in [-0.2, -0.15) is 0 Å². The zero-order chi connectivity index (χ0) is 16.2. The highest BCUT2D eigenvalue weighted by Crippen LogP contribution is 2.38. The van der Waals surface area contributed by atoms with E-state index >= 15 is 0 Å². The largest absolute Gasteiger partial charge is 0.486 e. The zero-order valence-corrected chi connectivity index (χ0v) is 13.9. The molecule has 1 aliphatic carbocycles. The van der Waals surface area contributed by atoms with E-state index in [9.17, 15) is 4.79 Å². The first-order chi connectivity index (χ1) is 11.2. The number of fused-ring (bicyclic) bond motifs is 1. The molecule has 2 atom stereocenters. The van der Waals surface area contributed by atoms with Crippen molar-refractivity contribution in [3.05, 3.63) is 22.7 Å². The van der Waals surface area contributed by atoms with Crippen molar-refractivity contribution < 1.29 is 14.3 Å². The fourth-order valence-electron chi connectivity index (χ4n) is 3.39. The molecule has 2 aliphatic rings. The first-order valence-corrected chi connectivity index (χ1v) is 8.62. The fourth-order valence-corrected chi connectivity index (χ4v) is 3.68. The molecule has 1 aromatic rings. The molecule has 5 nitrogen and oxygen atoms in total. The first-order valence-electron chi connectivity index (χ1n) is 8.25. The molecule has 126 valence electrons. The molecule has 0 bridgehead atoms. The topological polar surface area (TPSA) is 73.6 Å². The monoisotopic (exact) mass is 338 g/mol. The van der Waals surface area contributed by atoms with Crippen LogP contribution < -0.4 is 20.5 Å². The Hall–Kier alpha value is -1.46. The highest BCUT2D eigenvalue weighted by Gasteiger charge is 2.25. The molecule has 0 radical (unpaired) electrons. The lowest BCUT2D eigenvalue weighted by Crippen LogP contribution is -2.45. The van der Waals surface area contributed by atoms with Crippen molar-refractivity contribution in [3.63, 3.8) is 0 Å². The van der Waals surface area contributed by atoms with Gasteiger partial charge in [0, 0.05) is 6.04 Å². The van der Waals surface area contributed by atoms with Gasteiger partial charge in [0.15, 0.2) is 11.5 Å². The normalized spacial score (nSPS) is 23.4. The molecule has 2 unspecified atom stereocenters. The second-order valence-corrected chi connectivity index (χ2v) is 6.64. The number of nitrogens with two attached hydrogens (primary N) is 1. The van der Waals surface area contributed by atoms with Gasteiger partial charge in [0.1, 0.15) is 13.2 Å². The van der Waals surface area contributed by atoms with Gasteiger partial charge in [-0.3, -0.25) is 4.79 Å². The third-order valence-corrected chi connectivity index (χ3v) is 4.86. The number of rotatable bonds is 4. The summed E-state index contributed by atoms with van der Waals surface area (Å²) in [6.07, 6.45) is 4.74. The molecule has 3 rings (SSSR count). The second kappa shape index (κ2) is 7.41. The molecular weight excluding hydrogens is 316 g/mol. The third kappa shape index (κ3) is 3.90. The van der Waals surface area contributed by atoms with E-state index in [1.807, 2.05) is 6.07 Å². The first kappa shape index (κ1) is 16.4. The summed E-state index contributed by atoms with van der Waals surface area (Å²) in [6.45, 7) is 1.62. The summed E-state index contributed by atoms with van der Waals surface area (Å²) in [5.74, 6) is 1.57. The third-order valence-electron chi connectivity index (χ3n) is 4.58. The van der Waals surface area contributed by atoms with Gasteiger partial charge in [0.25, 0.3) is 0 Å². The van der Waals surface area contributed by atoms with Crippen LogP contribution >= 0.6 is 11.6 Å². The standard InChI is InChI=1S/C17H23ClN2O3/c18-13-7-11(8-15-17(13)23-6-5-22-15)9-16(21)20-14-4-2-1-3-12(14)10-19/h7-8,12,14H,1-6,9-10,19H2,(H,20,21). The molecule has 1 fully saturated rings. The molecule has 1 aromatic carbocycles. The molecule has 6 heteroatoms. The molecule has 1 amide bonds. The maximum absolute atomic E-state index is 12.4. The van der Waals surface area contributed by atoms with Gasteiger partial charge in [0.05, 0.1) is 11.4 Å². The van der Waals surface area contributed by atoms with E-state index in [-0.39, 0.29) is 18.4 Å². The van der Waals surface area contributed by atoms with E-state index in [1.165, 1.54) is 6.42 Å². The molecule has 1 saturated carbocycles. The predicted octanol–water partition coefficient (Wildman–Crippen LogP) is 2.29. The lowest BCUT2D eigenvalue weighted by atomic mass is 9.84. The molecule has 3 N–H and O–H groups in total. The Balaban J connectivity index is 1.64. The minimum absolute atomic E-state index is 0.00287. The summed E-state index contributed by atoms with van der Waals surface area (Å²) in [4.78, 5) is 12.4. The van der Waals surface area contributed by atoms with E-state index in [2.05, 4.69) is 5.32 Å². The van der Waals surface area contributed by atoms with Gasteiger partial charge in [0.2, 0.25) is 5.91 Å². The molecule has 0 aromatic heterocycles. The fraction of sp³-hybridized carbons (Fsp3) is 0.588. The Morgan fingerprint density at radius 2 is 2.04 bits per heavy atom. The summed E-state index contributed by atoms with van der Waals surface area (Å²) in [5.41, 5.74) is 6.65. The molecule has 0 spiro atoms. The van der Waals surface area contributed by atoms with E-state index in [0.29, 0.717) is 42.2 Å². The zero-order valence-electron chi connectivity index (χ0n) is 13.1. The maximum atomic E-state index is 12.4. The van der Waals surface area contributed by atoms with Crippen LogP contribution in [-0.4, -0.2) is 31.7 Å². The summed E-state index contributed by atoms with van der Waals surface area (Å²) >= 11 is 6.22. The second-order valence-electron chi connectivity index (χ2n) is 6.23. The lowest BCUT2D eigenvalue weighted by Gasteiger charge is -2.31. The van der Waals surface area contributed by atoms with Crippen LogP contribution in [0.4, 0.5) is 0 Å². The van der Waals surface area contributed by atoms with Crippen molar-refractivity contribution in [1.82, 2.24) is 5.32 Å². The van der Waals surface area contributed by atoms with Crippen molar-refractivity contribution in [2.45, 2.75) is 38.1 Å². The maximum Gasteiger partial charge on any atom is 0.224 e. The highest BCUT2D eigenvalue weighted by atomic mass is 35.5. The number of hydrogen-bond acceptors (Lipinski definition) is 4. The predicted molar refractivity (Wildman–Crippen MR) is 89.1 cm³/mol. The van der Waals surface area contributed by atoms with Crippen molar-refractivity contribution in [1.29, 1.82) is 0 Å². The van der Waals surface area contributed by atoms with E-state index in [4.69, 9.17) is 26.8 Å². The van der Waals surface area contributed by atoms with Crippen LogP contribution in [-0.2, 0) is 11.2 Å². The van der Waals surface area contributed by atoms with Crippen LogP contribution in [0.5, 0.6) is 11.5 Å². The van der Waals surface area contributed by atoms with Crippen LogP contribution in [0, 0.1) is 5.92 Å². The Morgan fingerprint density at radius 1 is 1.26 bits per heavy atom. The van der Waals surface area contributed by atoms with Crippen LogP contribution in [0.15, 0.2) is 12.1 Å². The molecular formula is C17H23ClN2O3. The molecule has 23 heavy (non-hydrogen) atoms. The smallest absolute Gasteiger partial charge is 0.224 e. The molecule has 1 aliphatic heterocycles. The summed E-state index contributed by atoms with van der Waals surface area (Å²) in [7, 11) is 0. The number of nitrogens with one attached hydrogen (secondary N) is 1. The lowest BCUT2D eigenvalue weighted by molar-refractivity contribution is -0.121. The van der Waals surface area contributed by atoms with Crippen molar-refractivity contribution in [2.24, 2.45) is 11.7 Å². The highest BCUT2D eigenvalue weighted by molar-refractivity contribution is 6.32. The number of carbonyl (C=O) groups is 1. The summed E-state index contributed by atoms with van der Waals surface area (Å²) in [6, 6.07) is 3.80. The van der Waals surface area contributed by atoms with Crippen LogP contribution in [0.2, 0.25) is 5.02 Å². The van der Waals surface area contributed by atoms with E-state index < -0.39 is 0 Å². The minimum Gasteiger partial charge on any atom is -0.486 e. The number of ether oxygens (including phenoxy) is 2. The van der Waals surface area contributed by atoms with Gasteiger partial charge >= 0.3 is 0 Å². The van der Waals surface area contributed by atoms with Gasteiger partial charge < -0.3 is 20.5 Å². The Morgan fingerprint density at radius 3 is 2.87 bits per heavy atom. The Kier molecular flexibility index (Phi) is 5.28. The van der Waals surface area contributed by atoms with Crippen LogP contribution in [0.3, 0.4) is 0 Å². The van der Waals surface area contributed by atoms with Gasteiger partial charge in [-0.1, -0.05) is 24.4 Å². The number of amides is 1. The Bertz CT molecular complexity index is 579. The summed E-state index contributed by atoms with van der Waals surface area (Å²) < 4.78 is 11.0. The van der Waals surface area contributed by atoms with E-state index in [0.717, 1.165) is 24.8 Å². The van der Waals surface area contributed by atoms with Gasteiger partial charge in [-0.25, -0.2) is 0 Å². The SMILES string of the molecule is NCC1CCCCC1NC(=O)Cc1cc(Cl)c2c(c1)OCCO2.